The number of aliphatic carboxylic acids is 1. The number of carboxylic acids is 1. The third-order valence-electron chi connectivity index (χ3n) is 5.11. The Hall–Kier alpha value is -3.68. The number of carbonyl (C=O) groups excluding carboxylic acids is 3. The van der Waals surface area contributed by atoms with E-state index in [0.29, 0.717) is 0 Å². The van der Waals surface area contributed by atoms with E-state index in [0.717, 1.165) is 11.1 Å². The molecular weight excluding hydrogens is 398 g/mol. The van der Waals surface area contributed by atoms with Crippen molar-refractivity contribution in [3.05, 3.63) is 71.8 Å². The number of amides is 3. The van der Waals surface area contributed by atoms with Crippen molar-refractivity contribution in [1.82, 2.24) is 16.0 Å². The van der Waals surface area contributed by atoms with Crippen LogP contribution < -0.4 is 16.0 Å². The lowest BCUT2D eigenvalue weighted by Crippen LogP contribution is -2.52. The molecule has 0 spiro atoms. The molecule has 1 aliphatic rings. The van der Waals surface area contributed by atoms with E-state index < -0.39 is 41.8 Å². The van der Waals surface area contributed by atoms with Gasteiger partial charge < -0.3 is 21.1 Å². The smallest absolute Gasteiger partial charge is 0.303 e. The van der Waals surface area contributed by atoms with Crippen LogP contribution in [0, 0.1) is 0 Å². The average Bonchev–Trinajstić information content (AvgIpc) is 2.79. The molecule has 1 fully saturated rings. The molecule has 0 radical (unpaired) electrons. The molecule has 3 unspecified atom stereocenters. The van der Waals surface area contributed by atoms with Gasteiger partial charge in [0, 0.05) is 19.3 Å². The lowest BCUT2D eigenvalue weighted by Gasteiger charge is -2.20. The Morgan fingerprint density at radius 2 is 1.06 bits per heavy atom. The molecule has 0 saturated carbocycles. The molecule has 31 heavy (non-hydrogen) atoms. The van der Waals surface area contributed by atoms with Gasteiger partial charge in [-0.15, -0.1) is 0 Å². The Morgan fingerprint density at radius 3 is 1.48 bits per heavy atom. The predicted octanol–water partition coefficient (Wildman–Crippen LogP) is 0.805. The third-order valence-corrected chi connectivity index (χ3v) is 5.11. The molecular formula is C23H25N3O5. The van der Waals surface area contributed by atoms with E-state index in [1.807, 2.05) is 60.7 Å². The first-order chi connectivity index (χ1) is 14.9. The summed E-state index contributed by atoms with van der Waals surface area (Å²) in [5.41, 5.74) is 1.70. The Balaban J connectivity index is 1.86. The molecule has 2 aromatic carbocycles. The molecule has 0 aromatic heterocycles. The lowest BCUT2D eigenvalue weighted by atomic mass is 10.0. The molecule has 1 heterocycles. The Morgan fingerprint density at radius 1 is 0.677 bits per heavy atom. The average molecular weight is 423 g/mol. The second kappa shape index (κ2) is 10.4. The molecule has 0 aliphatic carbocycles. The maximum absolute atomic E-state index is 13.0. The highest BCUT2D eigenvalue weighted by Gasteiger charge is 2.34. The van der Waals surface area contributed by atoms with Crippen LogP contribution in [-0.4, -0.2) is 46.9 Å². The molecule has 3 amide bonds. The van der Waals surface area contributed by atoms with Gasteiger partial charge in [-0.3, -0.25) is 19.2 Å². The van der Waals surface area contributed by atoms with Crippen LogP contribution in [-0.2, 0) is 32.0 Å². The van der Waals surface area contributed by atoms with Gasteiger partial charge in [-0.05, 0) is 17.5 Å². The van der Waals surface area contributed by atoms with Crippen molar-refractivity contribution >= 4 is 23.7 Å². The van der Waals surface area contributed by atoms with E-state index in [2.05, 4.69) is 16.0 Å². The fraction of sp³-hybridized carbons (Fsp3) is 0.304. The monoisotopic (exact) mass is 423 g/mol. The van der Waals surface area contributed by atoms with Crippen LogP contribution in [0.1, 0.15) is 24.0 Å². The van der Waals surface area contributed by atoms with Crippen molar-refractivity contribution in [1.29, 1.82) is 0 Å². The van der Waals surface area contributed by atoms with Gasteiger partial charge in [-0.1, -0.05) is 60.7 Å². The SMILES string of the molecule is O=C(O)CCC1NC(=O)C(Cc2ccccc2)NC(=O)C(Cc2ccccc2)NC1=O. The molecule has 0 bridgehead atoms. The Bertz CT molecular complexity index is 893. The molecule has 1 aliphatic heterocycles. The summed E-state index contributed by atoms with van der Waals surface area (Å²) in [6.45, 7) is 0. The molecule has 3 rings (SSSR count). The summed E-state index contributed by atoms with van der Waals surface area (Å²) in [6.07, 6.45) is 0.135. The molecule has 8 nitrogen and oxygen atoms in total. The molecule has 3 atom stereocenters. The van der Waals surface area contributed by atoms with Gasteiger partial charge in [-0.25, -0.2) is 0 Å². The maximum Gasteiger partial charge on any atom is 0.303 e. The number of nitrogens with one attached hydrogen (secondary N) is 3. The zero-order valence-electron chi connectivity index (χ0n) is 16.9. The summed E-state index contributed by atoms with van der Waals surface area (Å²) in [5.74, 6) is -2.64. The fourth-order valence-electron chi connectivity index (χ4n) is 3.47. The summed E-state index contributed by atoms with van der Waals surface area (Å²) in [4.78, 5) is 49.7. The maximum atomic E-state index is 13.0. The van der Waals surface area contributed by atoms with Gasteiger partial charge in [0.1, 0.15) is 18.1 Å². The summed E-state index contributed by atoms with van der Waals surface area (Å²) in [5, 5.41) is 17.0. The molecule has 8 heteroatoms. The van der Waals surface area contributed by atoms with Crippen LogP contribution in [0.3, 0.4) is 0 Å². The van der Waals surface area contributed by atoms with Gasteiger partial charge in [0.05, 0.1) is 0 Å². The predicted molar refractivity (Wildman–Crippen MR) is 113 cm³/mol. The molecule has 4 N–H and O–H groups in total. The van der Waals surface area contributed by atoms with Crippen LogP contribution in [0.25, 0.3) is 0 Å². The molecule has 2 aromatic rings. The van der Waals surface area contributed by atoms with Crippen LogP contribution in [0.2, 0.25) is 0 Å². The minimum atomic E-state index is -1.07. The number of hydrogen-bond donors (Lipinski definition) is 4. The largest absolute Gasteiger partial charge is 0.481 e. The van der Waals surface area contributed by atoms with Crippen LogP contribution >= 0.6 is 0 Å². The van der Waals surface area contributed by atoms with Gasteiger partial charge in [0.25, 0.3) is 0 Å². The van der Waals surface area contributed by atoms with Crippen LogP contribution in [0.5, 0.6) is 0 Å². The van der Waals surface area contributed by atoms with Gasteiger partial charge >= 0.3 is 5.97 Å². The number of carbonyl (C=O) groups is 4. The summed E-state index contributed by atoms with van der Waals surface area (Å²) < 4.78 is 0. The first kappa shape index (κ1) is 22.0. The van der Waals surface area contributed by atoms with Crippen molar-refractivity contribution in [2.75, 3.05) is 0 Å². The third kappa shape index (κ3) is 6.40. The highest BCUT2D eigenvalue weighted by atomic mass is 16.4. The summed E-state index contributed by atoms with van der Waals surface area (Å²) in [6, 6.07) is 15.6. The standard InChI is InChI=1S/C23H25N3O5/c27-20(28)12-11-17-21(29)25-19(14-16-9-5-2-6-10-16)23(31)26-18(22(30)24-17)13-15-7-3-1-4-8-15/h1-10,17-19H,11-14H2,(H,24,30)(H,25,29)(H,26,31)(H,27,28). The van der Waals surface area contributed by atoms with Crippen LogP contribution in [0.15, 0.2) is 60.7 Å². The number of carboxylic acid groups (broad SMARTS) is 1. The van der Waals surface area contributed by atoms with E-state index in [-0.39, 0.29) is 25.7 Å². The first-order valence-corrected chi connectivity index (χ1v) is 10.1. The second-order valence-corrected chi connectivity index (χ2v) is 7.50. The minimum Gasteiger partial charge on any atom is -0.481 e. The van der Waals surface area contributed by atoms with Crippen molar-refractivity contribution < 1.29 is 24.3 Å². The fourth-order valence-corrected chi connectivity index (χ4v) is 3.47. The second-order valence-electron chi connectivity index (χ2n) is 7.50. The molecule has 162 valence electrons. The number of hydrogen-bond acceptors (Lipinski definition) is 4. The quantitative estimate of drug-likeness (QED) is 0.525. The van der Waals surface area contributed by atoms with Crippen molar-refractivity contribution in [2.24, 2.45) is 0 Å². The van der Waals surface area contributed by atoms with Gasteiger partial charge in [-0.2, -0.15) is 0 Å². The summed E-state index contributed by atoms with van der Waals surface area (Å²) >= 11 is 0. The van der Waals surface area contributed by atoms with Gasteiger partial charge in [0.2, 0.25) is 17.7 Å². The molecule has 1 saturated heterocycles. The van der Waals surface area contributed by atoms with E-state index in [1.165, 1.54) is 0 Å². The summed E-state index contributed by atoms with van der Waals surface area (Å²) in [7, 11) is 0. The van der Waals surface area contributed by atoms with Gasteiger partial charge in [0.15, 0.2) is 0 Å². The van der Waals surface area contributed by atoms with Crippen LogP contribution in [0.4, 0.5) is 0 Å². The van der Waals surface area contributed by atoms with Crippen molar-refractivity contribution in [3.8, 4) is 0 Å². The first-order valence-electron chi connectivity index (χ1n) is 10.1. The van der Waals surface area contributed by atoms with E-state index in [4.69, 9.17) is 5.11 Å². The normalized spacial score (nSPS) is 21.7. The Labute approximate surface area is 180 Å². The zero-order chi connectivity index (χ0) is 22.2. The lowest BCUT2D eigenvalue weighted by molar-refractivity contribution is -0.138. The zero-order valence-corrected chi connectivity index (χ0v) is 16.9. The highest BCUT2D eigenvalue weighted by Crippen LogP contribution is 2.10. The number of benzene rings is 2. The van der Waals surface area contributed by atoms with E-state index in [9.17, 15) is 19.2 Å². The van der Waals surface area contributed by atoms with E-state index >= 15 is 0 Å². The highest BCUT2D eigenvalue weighted by molar-refractivity contribution is 5.97. The topological polar surface area (TPSA) is 125 Å². The van der Waals surface area contributed by atoms with Crippen molar-refractivity contribution in [3.63, 3.8) is 0 Å². The van der Waals surface area contributed by atoms with Crippen molar-refractivity contribution in [2.45, 2.75) is 43.8 Å². The number of rotatable bonds is 7. The Kier molecular flexibility index (Phi) is 7.37. The van der Waals surface area contributed by atoms with E-state index in [1.54, 1.807) is 0 Å². The minimum absolute atomic E-state index is 0.0722.